The fourth-order valence-corrected chi connectivity index (χ4v) is 3.32. The largest absolute Gasteiger partial charge is 0.368 e. The van der Waals surface area contributed by atoms with Crippen LogP contribution in [0.2, 0.25) is 0 Å². The number of anilines is 1. The molecule has 0 aliphatic carbocycles. The van der Waals surface area contributed by atoms with Crippen LogP contribution in [0.1, 0.15) is 39.9 Å². The molecule has 2 aromatic rings. The highest BCUT2D eigenvalue weighted by atomic mass is 16.5. The first-order chi connectivity index (χ1) is 11.5. The van der Waals surface area contributed by atoms with Crippen LogP contribution in [0.5, 0.6) is 0 Å². The zero-order valence-electron chi connectivity index (χ0n) is 14.9. The van der Waals surface area contributed by atoms with Gasteiger partial charge < -0.3 is 14.3 Å². The van der Waals surface area contributed by atoms with E-state index in [1.165, 1.54) is 16.8 Å². The molecular weight excluding hydrogens is 302 g/mol. The van der Waals surface area contributed by atoms with Crippen molar-refractivity contribution in [2.75, 3.05) is 31.1 Å². The molecule has 5 nitrogen and oxygen atoms in total. The number of rotatable bonds is 3. The third kappa shape index (κ3) is 2.90. The van der Waals surface area contributed by atoms with Gasteiger partial charge in [-0.15, -0.1) is 0 Å². The van der Waals surface area contributed by atoms with E-state index in [-0.39, 0.29) is 5.91 Å². The molecule has 0 saturated carbocycles. The predicted octanol–water partition coefficient (Wildman–Crippen LogP) is 3.12. The Bertz CT molecular complexity index is 743. The lowest BCUT2D eigenvalue weighted by molar-refractivity contribution is 0.0744. The summed E-state index contributed by atoms with van der Waals surface area (Å²) >= 11 is 0. The number of nitrogens with zero attached hydrogens (tertiary/aromatic N) is 3. The summed E-state index contributed by atoms with van der Waals surface area (Å²) in [7, 11) is 0. The molecule has 0 spiro atoms. The van der Waals surface area contributed by atoms with Crippen LogP contribution in [0.3, 0.4) is 0 Å². The number of aromatic nitrogens is 1. The van der Waals surface area contributed by atoms with Crippen LogP contribution in [0.15, 0.2) is 22.7 Å². The van der Waals surface area contributed by atoms with Crippen molar-refractivity contribution in [3.63, 3.8) is 0 Å². The van der Waals surface area contributed by atoms with Gasteiger partial charge in [0.2, 0.25) is 0 Å². The van der Waals surface area contributed by atoms with Gasteiger partial charge in [0.25, 0.3) is 5.91 Å². The summed E-state index contributed by atoms with van der Waals surface area (Å²) in [6.07, 6.45) is 0.685. The summed E-state index contributed by atoms with van der Waals surface area (Å²) in [4.78, 5) is 17.1. The summed E-state index contributed by atoms with van der Waals surface area (Å²) in [5, 5.41) is 3.95. The number of carbonyl (C=O) groups is 1. The van der Waals surface area contributed by atoms with E-state index in [2.05, 4.69) is 42.1 Å². The molecule has 0 bridgehead atoms. The van der Waals surface area contributed by atoms with E-state index in [1.54, 1.807) is 0 Å². The Hall–Kier alpha value is -2.30. The summed E-state index contributed by atoms with van der Waals surface area (Å²) in [5.74, 6) is 0.737. The number of piperazine rings is 1. The highest BCUT2D eigenvalue weighted by Gasteiger charge is 2.27. The third-order valence-corrected chi connectivity index (χ3v) is 4.95. The summed E-state index contributed by atoms with van der Waals surface area (Å²) in [6, 6.07) is 6.40. The number of amides is 1. The molecule has 1 aliphatic heterocycles. The highest BCUT2D eigenvalue weighted by Crippen LogP contribution is 2.25. The van der Waals surface area contributed by atoms with Gasteiger partial charge >= 0.3 is 0 Å². The topological polar surface area (TPSA) is 49.6 Å². The smallest absolute Gasteiger partial charge is 0.259 e. The van der Waals surface area contributed by atoms with Gasteiger partial charge in [-0.1, -0.05) is 24.2 Å². The molecule has 1 aliphatic rings. The van der Waals surface area contributed by atoms with Gasteiger partial charge in [0, 0.05) is 38.3 Å². The molecule has 1 aromatic carbocycles. The highest BCUT2D eigenvalue weighted by molar-refractivity contribution is 5.96. The quantitative estimate of drug-likeness (QED) is 0.869. The van der Waals surface area contributed by atoms with Crippen molar-refractivity contribution in [3.8, 4) is 0 Å². The zero-order chi connectivity index (χ0) is 17.3. The Balaban J connectivity index is 1.72. The minimum Gasteiger partial charge on any atom is -0.368 e. The number of carbonyl (C=O) groups excluding carboxylic acids is 1. The van der Waals surface area contributed by atoms with E-state index in [1.807, 2.05) is 18.7 Å². The summed E-state index contributed by atoms with van der Waals surface area (Å²) < 4.78 is 5.27. The van der Waals surface area contributed by atoms with Crippen LogP contribution in [0.4, 0.5) is 5.69 Å². The Morgan fingerprint density at radius 3 is 2.54 bits per heavy atom. The molecule has 0 radical (unpaired) electrons. The second-order valence-electron chi connectivity index (χ2n) is 6.42. The van der Waals surface area contributed by atoms with Crippen LogP contribution < -0.4 is 4.90 Å². The fraction of sp³-hybridized carbons (Fsp3) is 0.474. The Labute approximate surface area is 143 Å². The standard InChI is InChI=1S/C19H25N3O2/c1-5-17-18(15(4)20-24-17)19(23)22-11-9-21(10-12-22)16-8-6-7-13(2)14(16)3/h6-8H,5,9-12H2,1-4H3. The van der Waals surface area contributed by atoms with Crippen LogP contribution in [-0.2, 0) is 6.42 Å². The molecule has 1 aromatic heterocycles. The number of aryl methyl sites for hydroxylation is 3. The van der Waals surface area contributed by atoms with E-state index in [0.717, 1.165) is 26.2 Å². The monoisotopic (exact) mass is 327 g/mol. The fourth-order valence-electron chi connectivity index (χ4n) is 3.32. The molecule has 128 valence electrons. The van der Waals surface area contributed by atoms with Crippen LogP contribution in [0, 0.1) is 20.8 Å². The number of benzene rings is 1. The van der Waals surface area contributed by atoms with Gasteiger partial charge in [-0.05, 0) is 38.0 Å². The lowest BCUT2D eigenvalue weighted by Crippen LogP contribution is -2.49. The maximum atomic E-state index is 12.8. The van der Waals surface area contributed by atoms with E-state index in [0.29, 0.717) is 23.4 Å². The molecule has 1 amide bonds. The van der Waals surface area contributed by atoms with Gasteiger partial charge in [-0.3, -0.25) is 4.79 Å². The lowest BCUT2D eigenvalue weighted by atomic mass is 10.1. The lowest BCUT2D eigenvalue weighted by Gasteiger charge is -2.37. The summed E-state index contributed by atoms with van der Waals surface area (Å²) in [6.45, 7) is 11.3. The van der Waals surface area contributed by atoms with Crippen molar-refractivity contribution in [3.05, 3.63) is 46.3 Å². The molecular formula is C19H25N3O2. The van der Waals surface area contributed by atoms with Crippen molar-refractivity contribution < 1.29 is 9.32 Å². The molecule has 1 fully saturated rings. The molecule has 0 N–H and O–H groups in total. The first kappa shape index (κ1) is 16.6. The average Bonchev–Trinajstić information content (AvgIpc) is 2.97. The average molecular weight is 327 g/mol. The molecule has 0 atom stereocenters. The maximum absolute atomic E-state index is 12.8. The maximum Gasteiger partial charge on any atom is 0.259 e. The normalized spacial score (nSPS) is 15.0. The predicted molar refractivity (Wildman–Crippen MR) is 94.7 cm³/mol. The zero-order valence-corrected chi connectivity index (χ0v) is 14.9. The van der Waals surface area contributed by atoms with Gasteiger partial charge in [-0.2, -0.15) is 0 Å². The van der Waals surface area contributed by atoms with Crippen molar-refractivity contribution in [1.29, 1.82) is 0 Å². The molecule has 0 unspecified atom stereocenters. The minimum atomic E-state index is 0.0474. The molecule has 3 rings (SSSR count). The van der Waals surface area contributed by atoms with Crippen molar-refractivity contribution in [1.82, 2.24) is 10.1 Å². The first-order valence-electron chi connectivity index (χ1n) is 8.58. The second-order valence-corrected chi connectivity index (χ2v) is 6.42. The molecule has 1 saturated heterocycles. The third-order valence-electron chi connectivity index (χ3n) is 4.95. The first-order valence-corrected chi connectivity index (χ1v) is 8.58. The molecule has 5 heteroatoms. The summed E-state index contributed by atoms with van der Waals surface area (Å²) in [5.41, 5.74) is 5.24. The Kier molecular flexibility index (Phi) is 4.60. The van der Waals surface area contributed by atoms with Crippen molar-refractivity contribution in [2.24, 2.45) is 0 Å². The van der Waals surface area contributed by atoms with E-state index >= 15 is 0 Å². The SMILES string of the molecule is CCc1onc(C)c1C(=O)N1CCN(c2cccc(C)c2C)CC1. The van der Waals surface area contributed by atoms with E-state index in [9.17, 15) is 4.79 Å². The van der Waals surface area contributed by atoms with Crippen molar-refractivity contribution in [2.45, 2.75) is 34.1 Å². The minimum absolute atomic E-state index is 0.0474. The van der Waals surface area contributed by atoms with Crippen LogP contribution in [-0.4, -0.2) is 42.1 Å². The van der Waals surface area contributed by atoms with Crippen LogP contribution in [0.25, 0.3) is 0 Å². The second kappa shape index (κ2) is 6.67. The number of hydrogen-bond acceptors (Lipinski definition) is 4. The van der Waals surface area contributed by atoms with Gasteiger partial charge in [0.1, 0.15) is 11.3 Å². The van der Waals surface area contributed by atoms with E-state index in [4.69, 9.17) is 4.52 Å². The van der Waals surface area contributed by atoms with Gasteiger partial charge in [0.05, 0.1) is 5.69 Å². The Morgan fingerprint density at radius 1 is 1.17 bits per heavy atom. The Morgan fingerprint density at radius 2 is 1.88 bits per heavy atom. The number of hydrogen-bond donors (Lipinski definition) is 0. The van der Waals surface area contributed by atoms with Crippen LogP contribution >= 0.6 is 0 Å². The molecule has 24 heavy (non-hydrogen) atoms. The van der Waals surface area contributed by atoms with Gasteiger partial charge in [-0.25, -0.2) is 0 Å². The van der Waals surface area contributed by atoms with Gasteiger partial charge in [0.15, 0.2) is 0 Å². The van der Waals surface area contributed by atoms with Crippen molar-refractivity contribution >= 4 is 11.6 Å². The van der Waals surface area contributed by atoms with E-state index < -0.39 is 0 Å². The molecule has 2 heterocycles.